The number of halogens is 1. The molecule has 0 radical (unpaired) electrons. The molecule has 1 aliphatic carbocycles. The van der Waals surface area contributed by atoms with E-state index in [0.717, 1.165) is 0 Å². The molecule has 3 rings (SSSR count). The number of nitro groups is 2. The van der Waals surface area contributed by atoms with Gasteiger partial charge in [-0.25, -0.2) is 9.97 Å². The van der Waals surface area contributed by atoms with Gasteiger partial charge in [-0.3, -0.25) is 25.0 Å². The van der Waals surface area contributed by atoms with Crippen molar-refractivity contribution < 1.29 is 14.6 Å². The SMILES string of the molecule is O=C(NCc1ccc(Cl)nc1)/C(=c1\nc2c([nH]1)=CC([N+](=O)[O-])C=C2)[N+](=O)[O-]. The van der Waals surface area contributed by atoms with Gasteiger partial charge in [-0.15, -0.1) is 0 Å². The third-order valence-corrected chi connectivity index (χ3v) is 3.88. The average Bonchev–Trinajstić information content (AvgIpc) is 3.03. The highest BCUT2D eigenvalue weighted by atomic mass is 35.5. The highest BCUT2D eigenvalue weighted by Gasteiger charge is 2.26. The van der Waals surface area contributed by atoms with Gasteiger partial charge in [-0.2, -0.15) is 0 Å². The molecule has 1 atom stereocenters. The van der Waals surface area contributed by atoms with E-state index in [1.807, 2.05) is 0 Å². The molecular weight excluding hydrogens is 380 g/mol. The van der Waals surface area contributed by atoms with E-state index in [-0.39, 0.29) is 28.2 Å². The number of amides is 1. The van der Waals surface area contributed by atoms with Crippen LogP contribution in [-0.4, -0.2) is 36.7 Å². The number of carbonyl (C=O) groups is 1. The Balaban J connectivity index is 1.91. The minimum absolute atomic E-state index is 0.00378. The van der Waals surface area contributed by atoms with Crippen molar-refractivity contribution in [3.63, 3.8) is 0 Å². The first-order valence-corrected chi connectivity index (χ1v) is 7.90. The number of nitrogens with zero attached hydrogens (tertiary/aromatic N) is 4. The van der Waals surface area contributed by atoms with Gasteiger partial charge in [0.15, 0.2) is 0 Å². The molecule has 1 aliphatic rings. The summed E-state index contributed by atoms with van der Waals surface area (Å²) in [5.74, 6) is -0.962. The second-order valence-corrected chi connectivity index (χ2v) is 5.85. The fourth-order valence-corrected chi connectivity index (χ4v) is 2.48. The molecule has 0 spiro atoms. The Morgan fingerprint density at radius 1 is 1.33 bits per heavy atom. The van der Waals surface area contributed by atoms with Gasteiger partial charge in [0.05, 0.1) is 16.0 Å². The molecule has 2 aromatic rings. The average molecular weight is 391 g/mol. The topological polar surface area (TPSA) is 157 Å². The Kier molecular flexibility index (Phi) is 4.94. The quantitative estimate of drug-likeness (QED) is 0.400. The lowest BCUT2D eigenvalue weighted by Crippen LogP contribution is -2.33. The number of rotatable bonds is 5. The molecule has 0 saturated carbocycles. The number of imidazole rings is 1. The standard InChI is InChI=1S/C15H11ClN6O5/c16-12-4-1-8(6-17-12)7-18-15(23)13(22(26)27)14-19-10-3-2-9(21(24)25)5-11(10)20-14/h1-6,9,20H,7H2,(H,18,23)/b14-13-. The summed E-state index contributed by atoms with van der Waals surface area (Å²) >= 11 is 5.67. The van der Waals surface area contributed by atoms with Crippen LogP contribution in [0.2, 0.25) is 5.15 Å². The minimum Gasteiger partial charge on any atom is -0.342 e. The first-order valence-electron chi connectivity index (χ1n) is 7.52. The van der Waals surface area contributed by atoms with Gasteiger partial charge in [0.2, 0.25) is 5.48 Å². The van der Waals surface area contributed by atoms with Crippen LogP contribution < -0.4 is 16.1 Å². The first kappa shape index (κ1) is 18.2. The second-order valence-electron chi connectivity index (χ2n) is 5.46. The molecule has 2 N–H and O–H groups in total. The molecule has 0 saturated heterocycles. The van der Waals surface area contributed by atoms with Crippen molar-refractivity contribution in [1.29, 1.82) is 0 Å². The maximum absolute atomic E-state index is 12.3. The normalized spacial score (nSPS) is 16.1. The number of carbonyl (C=O) groups excluding carboxylic acids is 1. The fourth-order valence-electron chi connectivity index (χ4n) is 2.37. The Bertz CT molecular complexity index is 1080. The van der Waals surface area contributed by atoms with Crippen LogP contribution in [0.4, 0.5) is 0 Å². The molecule has 0 aromatic carbocycles. The highest BCUT2D eigenvalue weighted by Crippen LogP contribution is 2.06. The lowest BCUT2D eigenvalue weighted by Gasteiger charge is -2.02. The lowest BCUT2D eigenvalue weighted by atomic mass is 10.1. The van der Waals surface area contributed by atoms with Crippen LogP contribution in [0.5, 0.6) is 0 Å². The number of H-pyrrole nitrogens is 1. The van der Waals surface area contributed by atoms with Crippen molar-refractivity contribution in [2.24, 2.45) is 0 Å². The summed E-state index contributed by atoms with van der Waals surface area (Å²) in [6, 6.07) is 2.07. The van der Waals surface area contributed by atoms with Crippen LogP contribution in [0.15, 0.2) is 24.4 Å². The molecule has 27 heavy (non-hydrogen) atoms. The van der Waals surface area contributed by atoms with Crippen LogP contribution in [-0.2, 0) is 11.3 Å². The van der Waals surface area contributed by atoms with Crippen molar-refractivity contribution in [3.8, 4) is 0 Å². The molecule has 2 aromatic heterocycles. The molecule has 0 aliphatic heterocycles. The number of hydrogen-bond acceptors (Lipinski definition) is 7. The first-order chi connectivity index (χ1) is 12.8. The zero-order valence-corrected chi connectivity index (χ0v) is 14.2. The predicted molar refractivity (Wildman–Crippen MR) is 93.6 cm³/mol. The Labute approximate surface area is 155 Å². The maximum atomic E-state index is 12.3. The van der Waals surface area contributed by atoms with E-state index in [0.29, 0.717) is 5.56 Å². The summed E-state index contributed by atoms with van der Waals surface area (Å²) in [5.41, 5.74) is -0.219. The van der Waals surface area contributed by atoms with Crippen LogP contribution in [0.25, 0.3) is 17.8 Å². The van der Waals surface area contributed by atoms with E-state index >= 15 is 0 Å². The van der Waals surface area contributed by atoms with E-state index < -0.39 is 27.5 Å². The summed E-state index contributed by atoms with van der Waals surface area (Å²) in [7, 11) is 0. The van der Waals surface area contributed by atoms with Gasteiger partial charge in [-0.05, 0) is 23.8 Å². The van der Waals surface area contributed by atoms with Gasteiger partial charge in [0, 0.05) is 23.7 Å². The summed E-state index contributed by atoms with van der Waals surface area (Å²) in [5, 5.41) is 25.2. The van der Waals surface area contributed by atoms with Crippen molar-refractivity contribution in [2.45, 2.75) is 12.6 Å². The second kappa shape index (κ2) is 7.33. The zero-order chi connectivity index (χ0) is 19.6. The summed E-state index contributed by atoms with van der Waals surface area (Å²) in [4.78, 5) is 43.5. The largest absolute Gasteiger partial charge is 0.375 e. The molecule has 12 heteroatoms. The highest BCUT2D eigenvalue weighted by molar-refractivity contribution is 6.29. The molecule has 11 nitrogen and oxygen atoms in total. The monoisotopic (exact) mass is 390 g/mol. The maximum Gasteiger partial charge on any atom is 0.375 e. The minimum atomic E-state index is -1.07. The number of aromatic amines is 1. The van der Waals surface area contributed by atoms with Crippen molar-refractivity contribution >= 4 is 35.4 Å². The number of hydrogen-bond donors (Lipinski definition) is 2. The molecule has 0 bridgehead atoms. The molecule has 1 amide bonds. The van der Waals surface area contributed by atoms with Crippen molar-refractivity contribution in [3.05, 3.63) is 71.9 Å². The number of aromatic nitrogens is 3. The predicted octanol–water partition coefficient (Wildman–Crippen LogP) is -0.388. The third-order valence-electron chi connectivity index (χ3n) is 3.66. The number of nitrogens with one attached hydrogen (secondary N) is 2. The van der Waals surface area contributed by atoms with Gasteiger partial charge in [0.25, 0.3) is 6.04 Å². The third kappa shape index (κ3) is 3.98. The van der Waals surface area contributed by atoms with Gasteiger partial charge >= 0.3 is 11.6 Å². The summed E-state index contributed by atoms with van der Waals surface area (Å²) in [6.07, 6.45) is 5.36. The number of fused-ring (bicyclic) bond motifs is 1. The molecular formula is C15H11ClN6O5. The van der Waals surface area contributed by atoms with Gasteiger partial charge in [-0.1, -0.05) is 17.7 Å². The summed E-state index contributed by atoms with van der Waals surface area (Å²) < 4.78 is 0. The lowest BCUT2D eigenvalue weighted by molar-refractivity contribution is -0.491. The Morgan fingerprint density at radius 3 is 2.74 bits per heavy atom. The number of pyridine rings is 1. The summed E-state index contributed by atoms with van der Waals surface area (Å²) in [6.45, 7) is -0.00378. The van der Waals surface area contributed by atoms with Gasteiger partial charge in [0.1, 0.15) is 5.15 Å². The van der Waals surface area contributed by atoms with E-state index in [1.165, 1.54) is 30.5 Å². The Morgan fingerprint density at radius 2 is 2.11 bits per heavy atom. The zero-order valence-electron chi connectivity index (χ0n) is 13.5. The molecule has 0 fully saturated rings. The van der Waals surface area contributed by atoms with Crippen LogP contribution in [0.3, 0.4) is 0 Å². The molecule has 2 heterocycles. The Hall–Kier alpha value is -3.60. The fraction of sp³-hybridized carbons (Fsp3) is 0.133. The smallest absolute Gasteiger partial charge is 0.342 e. The molecule has 1 unspecified atom stereocenters. The van der Waals surface area contributed by atoms with Crippen molar-refractivity contribution in [1.82, 2.24) is 20.3 Å². The van der Waals surface area contributed by atoms with E-state index in [9.17, 15) is 25.0 Å². The van der Waals surface area contributed by atoms with E-state index in [2.05, 4.69) is 20.3 Å². The van der Waals surface area contributed by atoms with E-state index in [1.54, 1.807) is 6.07 Å². The van der Waals surface area contributed by atoms with Crippen LogP contribution >= 0.6 is 11.6 Å². The van der Waals surface area contributed by atoms with Gasteiger partial charge < -0.3 is 10.3 Å². The van der Waals surface area contributed by atoms with E-state index in [4.69, 9.17) is 11.6 Å². The van der Waals surface area contributed by atoms with Crippen LogP contribution in [0.1, 0.15) is 11.3 Å². The molecule has 138 valence electrons. The van der Waals surface area contributed by atoms with Crippen molar-refractivity contribution in [2.75, 3.05) is 0 Å². The van der Waals surface area contributed by atoms with Crippen LogP contribution in [0, 0.1) is 20.2 Å².